The molecule has 3 rings (SSSR count). The molecule has 0 aliphatic heterocycles. The molecular formula is C16H14N2O2. The lowest BCUT2D eigenvalue weighted by Crippen LogP contribution is -1.83. The molecule has 0 saturated carbocycles. The summed E-state index contributed by atoms with van der Waals surface area (Å²) in [5, 5.41) is 13.4. The van der Waals surface area contributed by atoms with Gasteiger partial charge in [0.1, 0.15) is 5.75 Å². The molecule has 0 aliphatic carbocycles. The first-order valence-corrected chi connectivity index (χ1v) is 6.48. The number of hydrogen-bond acceptors (Lipinski definition) is 4. The van der Waals surface area contributed by atoms with Gasteiger partial charge in [0, 0.05) is 11.1 Å². The van der Waals surface area contributed by atoms with Gasteiger partial charge < -0.3 is 9.63 Å². The van der Waals surface area contributed by atoms with Gasteiger partial charge in [0.25, 0.3) is 5.89 Å². The van der Waals surface area contributed by atoms with Crippen molar-refractivity contribution in [1.82, 2.24) is 10.1 Å². The summed E-state index contributed by atoms with van der Waals surface area (Å²) in [4.78, 5) is 4.36. The van der Waals surface area contributed by atoms with E-state index in [1.54, 1.807) is 18.2 Å². The number of aryl methyl sites for hydroxylation is 1. The van der Waals surface area contributed by atoms with Gasteiger partial charge in [0.2, 0.25) is 5.82 Å². The Morgan fingerprint density at radius 1 is 1.05 bits per heavy atom. The van der Waals surface area contributed by atoms with Crippen molar-refractivity contribution in [3.8, 4) is 28.6 Å². The van der Waals surface area contributed by atoms with E-state index in [0.29, 0.717) is 17.3 Å². The quantitative estimate of drug-likeness (QED) is 0.785. The molecule has 2 aromatic carbocycles. The van der Waals surface area contributed by atoms with E-state index >= 15 is 0 Å². The first kappa shape index (κ1) is 12.4. The van der Waals surface area contributed by atoms with Crippen LogP contribution in [0.15, 0.2) is 53.1 Å². The topological polar surface area (TPSA) is 59.2 Å². The van der Waals surface area contributed by atoms with Gasteiger partial charge in [-0.3, -0.25) is 0 Å². The number of hydrogen-bond donors (Lipinski definition) is 1. The zero-order valence-electron chi connectivity index (χ0n) is 11.1. The molecule has 0 amide bonds. The van der Waals surface area contributed by atoms with Crippen molar-refractivity contribution in [2.24, 2.45) is 0 Å². The van der Waals surface area contributed by atoms with Crippen LogP contribution in [-0.4, -0.2) is 15.2 Å². The molecule has 0 unspecified atom stereocenters. The van der Waals surface area contributed by atoms with Gasteiger partial charge in [-0.25, -0.2) is 0 Å². The summed E-state index contributed by atoms with van der Waals surface area (Å²) < 4.78 is 5.24. The monoisotopic (exact) mass is 266 g/mol. The molecule has 1 aromatic heterocycles. The number of benzene rings is 2. The van der Waals surface area contributed by atoms with Crippen molar-refractivity contribution < 1.29 is 9.63 Å². The third-order valence-corrected chi connectivity index (χ3v) is 3.14. The molecule has 0 aliphatic rings. The highest BCUT2D eigenvalue weighted by molar-refractivity contribution is 5.61. The van der Waals surface area contributed by atoms with Crippen molar-refractivity contribution in [1.29, 1.82) is 0 Å². The van der Waals surface area contributed by atoms with Gasteiger partial charge >= 0.3 is 0 Å². The van der Waals surface area contributed by atoms with Crippen molar-refractivity contribution in [3.63, 3.8) is 0 Å². The second-order valence-electron chi connectivity index (χ2n) is 4.52. The maximum Gasteiger partial charge on any atom is 0.258 e. The number of phenols is 1. The molecule has 3 aromatic rings. The van der Waals surface area contributed by atoms with Crippen LogP contribution in [0.4, 0.5) is 0 Å². The van der Waals surface area contributed by atoms with Gasteiger partial charge in [-0.1, -0.05) is 42.4 Å². The lowest BCUT2D eigenvalue weighted by molar-refractivity contribution is 0.431. The maximum absolute atomic E-state index is 9.47. The molecule has 4 heteroatoms. The summed E-state index contributed by atoms with van der Waals surface area (Å²) in [6, 6.07) is 14.8. The Morgan fingerprint density at radius 3 is 2.55 bits per heavy atom. The largest absolute Gasteiger partial charge is 0.508 e. The first-order chi connectivity index (χ1) is 9.76. The summed E-state index contributed by atoms with van der Waals surface area (Å²) in [6.45, 7) is 2.11. The maximum atomic E-state index is 9.47. The highest BCUT2D eigenvalue weighted by Gasteiger charge is 2.10. The molecule has 20 heavy (non-hydrogen) atoms. The molecule has 0 fully saturated rings. The zero-order chi connectivity index (χ0) is 13.9. The van der Waals surface area contributed by atoms with Crippen molar-refractivity contribution in [2.45, 2.75) is 13.3 Å². The van der Waals surface area contributed by atoms with E-state index in [4.69, 9.17) is 4.52 Å². The number of aromatic hydroxyl groups is 1. The van der Waals surface area contributed by atoms with E-state index < -0.39 is 0 Å². The molecule has 1 heterocycles. The summed E-state index contributed by atoms with van der Waals surface area (Å²) in [7, 11) is 0. The Morgan fingerprint density at radius 2 is 1.85 bits per heavy atom. The van der Waals surface area contributed by atoms with E-state index in [0.717, 1.165) is 12.0 Å². The molecular weight excluding hydrogens is 252 g/mol. The molecule has 0 spiro atoms. The van der Waals surface area contributed by atoms with E-state index in [9.17, 15) is 5.11 Å². The Hall–Kier alpha value is -2.62. The fourth-order valence-corrected chi connectivity index (χ4v) is 1.99. The minimum Gasteiger partial charge on any atom is -0.508 e. The first-order valence-electron chi connectivity index (χ1n) is 6.48. The van der Waals surface area contributed by atoms with Gasteiger partial charge in [0.15, 0.2) is 0 Å². The van der Waals surface area contributed by atoms with Crippen LogP contribution in [0.5, 0.6) is 5.75 Å². The standard InChI is InChI=1S/C16H14N2O2/c1-2-11-6-8-12(9-7-11)15-17-16(20-18-15)13-4-3-5-14(19)10-13/h3-10,19H,2H2,1H3. The highest BCUT2D eigenvalue weighted by atomic mass is 16.5. The number of nitrogens with zero attached hydrogens (tertiary/aromatic N) is 2. The molecule has 0 radical (unpaired) electrons. The Labute approximate surface area is 116 Å². The van der Waals surface area contributed by atoms with Gasteiger partial charge in [-0.05, 0) is 30.2 Å². The molecule has 0 bridgehead atoms. The molecule has 100 valence electrons. The van der Waals surface area contributed by atoms with Gasteiger partial charge in [-0.15, -0.1) is 0 Å². The van der Waals surface area contributed by atoms with E-state index in [1.165, 1.54) is 5.56 Å². The normalized spacial score (nSPS) is 10.7. The second-order valence-corrected chi connectivity index (χ2v) is 4.52. The summed E-state index contributed by atoms with van der Waals surface area (Å²) >= 11 is 0. The predicted octanol–water partition coefficient (Wildman–Crippen LogP) is 3.67. The summed E-state index contributed by atoms with van der Waals surface area (Å²) in [5.74, 6) is 1.12. The Bertz CT molecular complexity index is 717. The van der Waals surface area contributed by atoms with Crippen molar-refractivity contribution >= 4 is 0 Å². The van der Waals surface area contributed by atoms with E-state index in [-0.39, 0.29) is 5.75 Å². The summed E-state index contributed by atoms with van der Waals surface area (Å²) in [5.41, 5.74) is 2.89. The molecule has 0 saturated heterocycles. The molecule has 1 N–H and O–H groups in total. The van der Waals surface area contributed by atoms with Gasteiger partial charge in [0.05, 0.1) is 0 Å². The highest BCUT2D eigenvalue weighted by Crippen LogP contribution is 2.24. The predicted molar refractivity (Wildman–Crippen MR) is 76.2 cm³/mol. The molecule has 0 atom stereocenters. The van der Waals surface area contributed by atoms with Crippen LogP contribution in [0.3, 0.4) is 0 Å². The number of phenolic OH excluding ortho intramolecular Hbond substituents is 1. The second kappa shape index (κ2) is 5.17. The Kier molecular flexibility index (Phi) is 3.21. The van der Waals surface area contributed by atoms with Gasteiger partial charge in [-0.2, -0.15) is 4.98 Å². The minimum absolute atomic E-state index is 0.176. The fraction of sp³-hybridized carbons (Fsp3) is 0.125. The average Bonchev–Trinajstić information content (AvgIpc) is 2.97. The van der Waals surface area contributed by atoms with E-state index in [1.807, 2.05) is 18.2 Å². The number of aromatic nitrogens is 2. The van der Waals surface area contributed by atoms with Crippen LogP contribution in [0.25, 0.3) is 22.8 Å². The summed E-state index contributed by atoms with van der Waals surface area (Å²) in [6.07, 6.45) is 1.00. The van der Waals surface area contributed by atoms with Crippen LogP contribution < -0.4 is 0 Å². The smallest absolute Gasteiger partial charge is 0.258 e. The Balaban J connectivity index is 1.93. The lowest BCUT2D eigenvalue weighted by Gasteiger charge is -1.97. The van der Waals surface area contributed by atoms with Crippen LogP contribution >= 0.6 is 0 Å². The van der Waals surface area contributed by atoms with Crippen LogP contribution in [0.1, 0.15) is 12.5 Å². The molecule has 4 nitrogen and oxygen atoms in total. The van der Waals surface area contributed by atoms with Crippen molar-refractivity contribution in [3.05, 3.63) is 54.1 Å². The van der Waals surface area contributed by atoms with Crippen LogP contribution in [0, 0.1) is 0 Å². The van der Waals surface area contributed by atoms with E-state index in [2.05, 4.69) is 29.2 Å². The average molecular weight is 266 g/mol. The van der Waals surface area contributed by atoms with Crippen LogP contribution in [-0.2, 0) is 6.42 Å². The zero-order valence-corrected chi connectivity index (χ0v) is 11.1. The third kappa shape index (κ3) is 2.40. The third-order valence-electron chi connectivity index (χ3n) is 3.14. The van der Waals surface area contributed by atoms with Crippen molar-refractivity contribution in [2.75, 3.05) is 0 Å². The fourth-order valence-electron chi connectivity index (χ4n) is 1.99. The van der Waals surface area contributed by atoms with Crippen LogP contribution in [0.2, 0.25) is 0 Å². The number of rotatable bonds is 3. The lowest BCUT2D eigenvalue weighted by atomic mass is 10.1. The minimum atomic E-state index is 0.176. The SMILES string of the molecule is CCc1ccc(-c2noc(-c3cccc(O)c3)n2)cc1.